The zero-order valence-corrected chi connectivity index (χ0v) is 18.8. The molecule has 0 saturated heterocycles. The molecule has 1 heterocycles. The number of likely N-dealkylation sites (N-methyl/N-ethyl adjacent to an activating group) is 1. The Morgan fingerprint density at radius 1 is 1.13 bits per heavy atom. The van der Waals surface area contributed by atoms with Crippen LogP contribution in [0.25, 0.3) is 11.8 Å². The summed E-state index contributed by atoms with van der Waals surface area (Å²) in [5.74, 6) is 1.02. The number of benzene rings is 2. The van der Waals surface area contributed by atoms with E-state index >= 15 is 0 Å². The van der Waals surface area contributed by atoms with Gasteiger partial charge in [-0.3, -0.25) is 4.79 Å². The lowest BCUT2D eigenvalue weighted by molar-refractivity contribution is -0.132. The molecule has 0 aliphatic rings. The Balaban J connectivity index is 1.67. The monoisotopic (exact) mass is 419 g/mol. The average Bonchev–Trinajstić information content (AvgIpc) is 3.06. The minimum Gasteiger partial charge on any atom is -0.493 e. The van der Waals surface area contributed by atoms with E-state index in [4.69, 9.17) is 9.47 Å². The van der Waals surface area contributed by atoms with Crippen molar-refractivity contribution in [2.45, 2.75) is 27.3 Å². The molecule has 2 aromatic carbocycles. The molecular formula is C25H29N3O3. The highest BCUT2D eigenvalue weighted by Gasteiger charge is 2.18. The molecule has 0 saturated carbocycles. The van der Waals surface area contributed by atoms with Crippen molar-refractivity contribution in [1.29, 1.82) is 0 Å². The number of hydrogen-bond acceptors (Lipinski definition) is 4. The van der Waals surface area contributed by atoms with E-state index in [1.807, 2.05) is 86.1 Å². The SMILES string of the molecule is C/C=C/c1ccc(OCC(=O)N(C)Cc2c(C)nn(-c3ccccc3)c2C)c(OC)c1. The van der Waals surface area contributed by atoms with E-state index < -0.39 is 0 Å². The fraction of sp³-hybridized carbons (Fsp3) is 0.280. The van der Waals surface area contributed by atoms with E-state index in [1.165, 1.54) is 0 Å². The van der Waals surface area contributed by atoms with Crippen molar-refractivity contribution < 1.29 is 14.3 Å². The molecule has 3 rings (SSSR count). The standard InChI is InChI=1S/C25H29N3O3/c1-6-10-20-13-14-23(24(15-20)30-5)31-17-25(29)27(4)16-22-18(2)26-28(19(22)3)21-11-8-7-9-12-21/h6-15H,16-17H2,1-5H3/b10-6+. The highest BCUT2D eigenvalue weighted by molar-refractivity contribution is 5.77. The largest absolute Gasteiger partial charge is 0.493 e. The summed E-state index contributed by atoms with van der Waals surface area (Å²) in [6, 6.07) is 15.6. The summed E-state index contributed by atoms with van der Waals surface area (Å²) in [5, 5.41) is 4.66. The number of carbonyl (C=O) groups excluding carboxylic acids is 1. The number of aromatic nitrogens is 2. The van der Waals surface area contributed by atoms with Gasteiger partial charge >= 0.3 is 0 Å². The maximum atomic E-state index is 12.7. The minimum atomic E-state index is -0.120. The Morgan fingerprint density at radius 2 is 1.87 bits per heavy atom. The number of hydrogen-bond donors (Lipinski definition) is 0. The van der Waals surface area contributed by atoms with Gasteiger partial charge in [0.25, 0.3) is 5.91 Å². The summed E-state index contributed by atoms with van der Waals surface area (Å²) in [5.41, 5.74) is 4.97. The molecule has 0 aliphatic heterocycles. The van der Waals surface area contributed by atoms with Crippen molar-refractivity contribution in [2.24, 2.45) is 0 Å². The van der Waals surface area contributed by atoms with Gasteiger partial charge in [-0.25, -0.2) is 4.68 Å². The molecule has 0 fully saturated rings. The summed E-state index contributed by atoms with van der Waals surface area (Å²) in [4.78, 5) is 14.4. The van der Waals surface area contributed by atoms with Crippen LogP contribution in [-0.2, 0) is 11.3 Å². The van der Waals surface area contributed by atoms with E-state index in [1.54, 1.807) is 19.1 Å². The van der Waals surface area contributed by atoms with Gasteiger partial charge in [0.05, 0.1) is 18.5 Å². The number of nitrogens with zero attached hydrogens (tertiary/aromatic N) is 3. The quantitative estimate of drug-likeness (QED) is 0.537. The minimum absolute atomic E-state index is 0.0687. The van der Waals surface area contributed by atoms with Crippen LogP contribution in [0.3, 0.4) is 0 Å². The van der Waals surface area contributed by atoms with Crippen LogP contribution in [0.5, 0.6) is 11.5 Å². The Hall–Kier alpha value is -3.54. The molecule has 3 aromatic rings. The molecule has 31 heavy (non-hydrogen) atoms. The number of para-hydroxylation sites is 1. The second kappa shape index (κ2) is 9.98. The van der Waals surface area contributed by atoms with Gasteiger partial charge in [-0.05, 0) is 50.6 Å². The van der Waals surface area contributed by atoms with E-state index in [0.29, 0.717) is 18.0 Å². The zero-order valence-electron chi connectivity index (χ0n) is 18.8. The van der Waals surface area contributed by atoms with Crippen molar-refractivity contribution in [1.82, 2.24) is 14.7 Å². The fourth-order valence-electron chi connectivity index (χ4n) is 3.40. The summed E-state index contributed by atoms with van der Waals surface area (Å²) >= 11 is 0. The van der Waals surface area contributed by atoms with Gasteiger partial charge in [-0.2, -0.15) is 5.10 Å². The number of methoxy groups -OCH3 is 1. The number of rotatable bonds is 8. The third kappa shape index (κ3) is 5.15. The van der Waals surface area contributed by atoms with Crippen molar-refractivity contribution in [3.63, 3.8) is 0 Å². The Morgan fingerprint density at radius 3 is 2.55 bits per heavy atom. The number of carbonyl (C=O) groups is 1. The van der Waals surface area contributed by atoms with Gasteiger partial charge in [0, 0.05) is 24.8 Å². The van der Waals surface area contributed by atoms with Gasteiger partial charge in [-0.1, -0.05) is 36.4 Å². The van der Waals surface area contributed by atoms with Gasteiger partial charge in [-0.15, -0.1) is 0 Å². The topological polar surface area (TPSA) is 56.6 Å². The molecule has 162 valence electrons. The third-order valence-electron chi connectivity index (χ3n) is 5.16. The molecule has 0 spiro atoms. The lowest BCUT2D eigenvalue weighted by Crippen LogP contribution is -2.31. The van der Waals surface area contributed by atoms with Gasteiger partial charge in [0.1, 0.15) is 0 Å². The first-order valence-corrected chi connectivity index (χ1v) is 10.2. The number of amides is 1. The van der Waals surface area contributed by atoms with Crippen LogP contribution in [0, 0.1) is 13.8 Å². The van der Waals surface area contributed by atoms with Crippen LogP contribution in [-0.4, -0.2) is 41.4 Å². The first-order chi connectivity index (χ1) is 14.9. The molecule has 1 amide bonds. The smallest absolute Gasteiger partial charge is 0.260 e. The second-order valence-electron chi connectivity index (χ2n) is 7.35. The highest BCUT2D eigenvalue weighted by atomic mass is 16.5. The number of aryl methyl sites for hydroxylation is 1. The first kappa shape index (κ1) is 22.2. The molecule has 0 atom stereocenters. The molecule has 0 bridgehead atoms. The molecule has 1 aromatic heterocycles. The lowest BCUT2D eigenvalue weighted by atomic mass is 10.2. The van der Waals surface area contributed by atoms with Crippen LogP contribution in [0.1, 0.15) is 29.4 Å². The van der Waals surface area contributed by atoms with E-state index in [0.717, 1.165) is 28.2 Å². The summed E-state index contributed by atoms with van der Waals surface area (Å²) in [6.07, 6.45) is 3.93. The zero-order chi connectivity index (χ0) is 22.4. The molecule has 0 radical (unpaired) electrons. The maximum Gasteiger partial charge on any atom is 0.260 e. The molecule has 6 heteroatoms. The summed E-state index contributed by atoms with van der Waals surface area (Å²) in [7, 11) is 3.36. The summed E-state index contributed by atoms with van der Waals surface area (Å²) in [6.45, 7) is 6.34. The van der Waals surface area contributed by atoms with Crippen molar-refractivity contribution in [2.75, 3.05) is 20.8 Å². The predicted octanol–water partition coefficient (Wildman–Crippen LogP) is 4.57. The van der Waals surface area contributed by atoms with E-state index in [2.05, 4.69) is 5.10 Å². The summed E-state index contributed by atoms with van der Waals surface area (Å²) < 4.78 is 13.1. The predicted molar refractivity (Wildman–Crippen MR) is 123 cm³/mol. The molecule has 6 nitrogen and oxygen atoms in total. The second-order valence-corrected chi connectivity index (χ2v) is 7.35. The molecule has 0 N–H and O–H groups in total. The Bertz CT molecular complexity index is 1070. The fourth-order valence-corrected chi connectivity index (χ4v) is 3.40. The Kier molecular flexibility index (Phi) is 7.13. The normalized spacial score (nSPS) is 11.0. The van der Waals surface area contributed by atoms with Crippen molar-refractivity contribution >= 4 is 12.0 Å². The van der Waals surface area contributed by atoms with E-state index in [-0.39, 0.29) is 12.5 Å². The van der Waals surface area contributed by atoms with Crippen LogP contribution in [0.4, 0.5) is 0 Å². The Labute approximate surface area is 183 Å². The van der Waals surface area contributed by atoms with Crippen LogP contribution < -0.4 is 9.47 Å². The molecule has 0 unspecified atom stereocenters. The average molecular weight is 420 g/mol. The maximum absolute atomic E-state index is 12.7. The van der Waals surface area contributed by atoms with Crippen LogP contribution in [0.2, 0.25) is 0 Å². The first-order valence-electron chi connectivity index (χ1n) is 10.2. The molecular weight excluding hydrogens is 390 g/mol. The third-order valence-corrected chi connectivity index (χ3v) is 5.16. The van der Waals surface area contributed by atoms with Crippen LogP contribution >= 0.6 is 0 Å². The molecule has 0 aliphatic carbocycles. The van der Waals surface area contributed by atoms with Gasteiger partial charge in [0.2, 0.25) is 0 Å². The van der Waals surface area contributed by atoms with Crippen LogP contribution in [0.15, 0.2) is 54.6 Å². The number of ether oxygens (including phenoxy) is 2. The van der Waals surface area contributed by atoms with Crippen molar-refractivity contribution in [3.05, 3.63) is 77.1 Å². The highest BCUT2D eigenvalue weighted by Crippen LogP contribution is 2.28. The van der Waals surface area contributed by atoms with Crippen molar-refractivity contribution in [3.8, 4) is 17.2 Å². The lowest BCUT2D eigenvalue weighted by Gasteiger charge is -2.18. The van der Waals surface area contributed by atoms with Gasteiger partial charge in [0.15, 0.2) is 18.1 Å². The van der Waals surface area contributed by atoms with Gasteiger partial charge < -0.3 is 14.4 Å². The van der Waals surface area contributed by atoms with E-state index in [9.17, 15) is 4.79 Å². The number of allylic oxidation sites excluding steroid dienone is 1.